The number of hydrogen-bond acceptors (Lipinski definition) is 5. The van der Waals surface area contributed by atoms with Crippen LogP contribution in [-0.2, 0) is 0 Å². The number of rotatable bonds is 4. The topological polar surface area (TPSA) is 79.9 Å². The van der Waals surface area contributed by atoms with Crippen LogP contribution in [0.15, 0.2) is 21.4 Å². The molecule has 0 spiro atoms. The molecular formula is C14H20O5. The molecule has 19 heavy (non-hydrogen) atoms. The summed E-state index contributed by atoms with van der Waals surface area (Å²) in [6, 6.07) is 1.58. The van der Waals surface area contributed by atoms with Crippen molar-refractivity contribution in [2.75, 3.05) is 7.11 Å². The average Bonchev–Trinajstić information content (AvgIpc) is 2.31. The van der Waals surface area contributed by atoms with E-state index in [-0.39, 0.29) is 0 Å². The van der Waals surface area contributed by atoms with Gasteiger partial charge in [-0.05, 0) is 39.3 Å². The molecular weight excluding hydrogens is 248 g/mol. The summed E-state index contributed by atoms with van der Waals surface area (Å²) in [5, 5.41) is 19.5. The van der Waals surface area contributed by atoms with Crippen LogP contribution < -0.4 is 10.4 Å². The van der Waals surface area contributed by atoms with Gasteiger partial charge in [-0.2, -0.15) is 0 Å². The number of aliphatic hydroxyl groups excluding tert-OH is 1. The highest BCUT2D eigenvalue weighted by Crippen LogP contribution is 2.24. The Morgan fingerprint density at radius 1 is 1.58 bits per heavy atom. The maximum absolute atomic E-state index is 11.6. The van der Waals surface area contributed by atoms with Crippen molar-refractivity contribution in [1.29, 1.82) is 0 Å². The van der Waals surface area contributed by atoms with Gasteiger partial charge in [0.25, 0.3) is 0 Å². The zero-order valence-electron chi connectivity index (χ0n) is 11.9. The fourth-order valence-electron chi connectivity index (χ4n) is 1.57. The lowest BCUT2D eigenvalue weighted by molar-refractivity contribution is -0.0149. The largest absolute Gasteiger partial charge is 0.496 e. The van der Waals surface area contributed by atoms with Gasteiger partial charge < -0.3 is 19.4 Å². The average molecular weight is 268 g/mol. The molecule has 106 valence electrons. The molecule has 0 bridgehead atoms. The van der Waals surface area contributed by atoms with Crippen molar-refractivity contribution in [1.82, 2.24) is 0 Å². The Hall–Kier alpha value is -1.59. The maximum Gasteiger partial charge on any atom is 0.342 e. The molecule has 1 aromatic heterocycles. The molecule has 0 aliphatic heterocycles. The lowest BCUT2D eigenvalue weighted by Crippen LogP contribution is -2.34. The predicted molar refractivity (Wildman–Crippen MR) is 72.2 cm³/mol. The highest BCUT2D eigenvalue weighted by Gasteiger charge is 2.24. The Labute approximate surface area is 112 Å². The van der Waals surface area contributed by atoms with Gasteiger partial charge in [0.05, 0.1) is 18.8 Å². The van der Waals surface area contributed by atoms with Crippen molar-refractivity contribution in [3.63, 3.8) is 0 Å². The number of ether oxygens (including phenoxy) is 1. The first-order valence-corrected chi connectivity index (χ1v) is 5.98. The molecule has 0 unspecified atom stereocenters. The molecule has 0 saturated carbocycles. The summed E-state index contributed by atoms with van der Waals surface area (Å²) in [6.45, 7) is 6.25. The van der Waals surface area contributed by atoms with Crippen molar-refractivity contribution >= 4 is 5.57 Å². The SMILES string of the molecule is COc1cc(C(C)=C[C@@](C)(O)[C@@H](C)O)oc(=O)c1C. The van der Waals surface area contributed by atoms with Crippen LogP contribution in [-0.4, -0.2) is 29.0 Å². The first-order chi connectivity index (χ1) is 8.69. The predicted octanol–water partition coefficient (Wildman–Crippen LogP) is 1.49. The van der Waals surface area contributed by atoms with Crippen LogP contribution in [0.4, 0.5) is 0 Å². The Balaban J connectivity index is 3.28. The second-order valence-electron chi connectivity index (χ2n) is 4.82. The van der Waals surface area contributed by atoms with Crippen molar-refractivity contribution in [3.8, 4) is 5.75 Å². The molecule has 0 fully saturated rings. The van der Waals surface area contributed by atoms with Crippen LogP contribution in [0.5, 0.6) is 5.75 Å². The van der Waals surface area contributed by atoms with E-state index in [1.165, 1.54) is 27.0 Å². The summed E-state index contributed by atoms with van der Waals surface area (Å²) in [5.74, 6) is 0.726. The van der Waals surface area contributed by atoms with Gasteiger partial charge in [0.1, 0.15) is 17.1 Å². The fraction of sp³-hybridized carbons (Fsp3) is 0.500. The highest BCUT2D eigenvalue weighted by atomic mass is 16.5. The van der Waals surface area contributed by atoms with E-state index >= 15 is 0 Å². The molecule has 5 heteroatoms. The molecule has 1 aromatic rings. The minimum Gasteiger partial charge on any atom is -0.496 e. The molecule has 0 aromatic carbocycles. The number of aliphatic hydroxyl groups is 2. The number of hydrogen-bond donors (Lipinski definition) is 2. The molecule has 0 amide bonds. The molecule has 0 aliphatic rings. The minimum atomic E-state index is -1.40. The third-order valence-electron chi connectivity index (χ3n) is 3.10. The normalized spacial score (nSPS) is 16.9. The van der Waals surface area contributed by atoms with E-state index in [1.54, 1.807) is 19.9 Å². The lowest BCUT2D eigenvalue weighted by atomic mass is 9.96. The number of methoxy groups -OCH3 is 1. The highest BCUT2D eigenvalue weighted by molar-refractivity contribution is 5.61. The monoisotopic (exact) mass is 268 g/mol. The summed E-state index contributed by atoms with van der Waals surface area (Å²) in [7, 11) is 1.47. The van der Waals surface area contributed by atoms with Gasteiger partial charge >= 0.3 is 5.63 Å². The molecule has 0 radical (unpaired) electrons. The second kappa shape index (κ2) is 5.59. The Morgan fingerprint density at radius 2 is 2.16 bits per heavy atom. The third-order valence-corrected chi connectivity index (χ3v) is 3.10. The minimum absolute atomic E-state index is 0.299. The Morgan fingerprint density at radius 3 is 2.63 bits per heavy atom. The lowest BCUT2D eigenvalue weighted by Gasteiger charge is -2.23. The van der Waals surface area contributed by atoms with Crippen molar-refractivity contribution in [2.45, 2.75) is 39.4 Å². The standard InChI is InChI=1S/C14H20O5/c1-8(7-14(4,17)10(3)15)11-6-12(18-5)9(2)13(16)19-11/h6-7,10,15,17H,1-5H3/t10-,14-/m1/s1. The van der Waals surface area contributed by atoms with Crippen molar-refractivity contribution in [3.05, 3.63) is 33.9 Å². The molecule has 1 rings (SSSR count). The molecule has 0 aliphatic carbocycles. The van der Waals surface area contributed by atoms with E-state index in [1.807, 2.05) is 0 Å². The van der Waals surface area contributed by atoms with E-state index in [4.69, 9.17) is 9.15 Å². The van der Waals surface area contributed by atoms with Crippen LogP contribution in [0.1, 0.15) is 32.1 Å². The Bertz CT molecular complexity index is 537. The summed E-state index contributed by atoms with van der Waals surface area (Å²) in [6.07, 6.45) is 0.506. The molecule has 2 atom stereocenters. The molecule has 2 N–H and O–H groups in total. The van der Waals surface area contributed by atoms with E-state index in [2.05, 4.69) is 0 Å². The van der Waals surface area contributed by atoms with Gasteiger partial charge in [0, 0.05) is 6.07 Å². The van der Waals surface area contributed by atoms with Gasteiger partial charge in [-0.25, -0.2) is 4.79 Å². The van der Waals surface area contributed by atoms with E-state index in [0.29, 0.717) is 22.6 Å². The van der Waals surface area contributed by atoms with Gasteiger partial charge in [-0.3, -0.25) is 0 Å². The Kier molecular flexibility index (Phi) is 4.55. The first kappa shape index (κ1) is 15.5. The van der Waals surface area contributed by atoms with E-state index in [0.717, 1.165) is 0 Å². The van der Waals surface area contributed by atoms with Crippen LogP contribution >= 0.6 is 0 Å². The molecule has 1 heterocycles. The summed E-state index contributed by atoms with van der Waals surface area (Å²) in [5.41, 5.74) is -0.956. The zero-order chi connectivity index (χ0) is 14.8. The van der Waals surface area contributed by atoms with E-state index < -0.39 is 17.3 Å². The van der Waals surface area contributed by atoms with Crippen LogP contribution in [0.3, 0.4) is 0 Å². The van der Waals surface area contributed by atoms with Crippen molar-refractivity contribution in [2.24, 2.45) is 0 Å². The van der Waals surface area contributed by atoms with Crippen LogP contribution in [0, 0.1) is 6.92 Å². The summed E-state index contributed by atoms with van der Waals surface area (Å²) in [4.78, 5) is 11.6. The molecule has 5 nitrogen and oxygen atoms in total. The van der Waals surface area contributed by atoms with Crippen LogP contribution in [0.2, 0.25) is 0 Å². The first-order valence-electron chi connectivity index (χ1n) is 5.98. The van der Waals surface area contributed by atoms with Crippen molar-refractivity contribution < 1.29 is 19.4 Å². The molecule has 0 saturated heterocycles. The third kappa shape index (κ3) is 3.45. The van der Waals surface area contributed by atoms with Gasteiger partial charge in [-0.1, -0.05) is 0 Å². The smallest absolute Gasteiger partial charge is 0.342 e. The fourth-order valence-corrected chi connectivity index (χ4v) is 1.57. The van der Waals surface area contributed by atoms with Gasteiger partial charge in [-0.15, -0.1) is 0 Å². The number of allylic oxidation sites excluding steroid dienone is 1. The van der Waals surface area contributed by atoms with Crippen LogP contribution in [0.25, 0.3) is 5.57 Å². The summed E-state index contributed by atoms with van der Waals surface area (Å²) < 4.78 is 10.2. The van der Waals surface area contributed by atoms with Gasteiger partial charge in [0.15, 0.2) is 0 Å². The van der Waals surface area contributed by atoms with Gasteiger partial charge in [0.2, 0.25) is 0 Å². The summed E-state index contributed by atoms with van der Waals surface area (Å²) >= 11 is 0. The quantitative estimate of drug-likeness (QED) is 0.865. The maximum atomic E-state index is 11.6. The van der Waals surface area contributed by atoms with E-state index in [9.17, 15) is 15.0 Å². The zero-order valence-corrected chi connectivity index (χ0v) is 11.9. The second-order valence-corrected chi connectivity index (χ2v) is 4.82.